The molecule has 2 atom stereocenters. The number of allylic oxidation sites excluding steroid dienone is 2. The van der Waals surface area contributed by atoms with Crippen molar-refractivity contribution in [3.05, 3.63) is 42.0 Å². The fraction of sp³-hybridized carbons (Fsp3) is 0.526. The molecule has 1 amide bonds. The molecule has 0 spiro atoms. The summed E-state index contributed by atoms with van der Waals surface area (Å²) in [6, 6.07) is 8.49. The van der Waals surface area contributed by atoms with E-state index >= 15 is 0 Å². The zero-order valence-corrected chi connectivity index (χ0v) is 13.3. The third kappa shape index (κ3) is 3.18. The van der Waals surface area contributed by atoms with Gasteiger partial charge in [-0.1, -0.05) is 30.4 Å². The van der Waals surface area contributed by atoms with Crippen LogP contribution in [0.25, 0.3) is 0 Å². The van der Waals surface area contributed by atoms with Gasteiger partial charge in [-0.15, -0.1) is 0 Å². The lowest BCUT2D eigenvalue weighted by Crippen LogP contribution is -2.41. The van der Waals surface area contributed by atoms with Crippen molar-refractivity contribution in [3.63, 3.8) is 0 Å². The van der Waals surface area contributed by atoms with Gasteiger partial charge in [-0.3, -0.25) is 4.79 Å². The van der Waals surface area contributed by atoms with Gasteiger partial charge >= 0.3 is 0 Å². The third-order valence-corrected chi connectivity index (χ3v) is 4.93. The molecule has 0 N–H and O–H groups in total. The van der Waals surface area contributed by atoms with E-state index in [0.29, 0.717) is 11.9 Å². The van der Waals surface area contributed by atoms with Crippen molar-refractivity contribution in [3.8, 4) is 5.75 Å². The summed E-state index contributed by atoms with van der Waals surface area (Å²) in [5, 5.41) is 0. The number of amides is 1. The molecule has 0 saturated carbocycles. The van der Waals surface area contributed by atoms with Crippen LogP contribution in [0.4, 0.5) is 0 Å². The quantitative estimate of drug-likeness (QED) is 0.795. The van der Waals surface area contributed by atoms with E-state index in [4.69, 9.17) is 4.74 Å². The van der Waals surface area contributed by atoms with Gasteiger partial charge in [0.05, 0.1) is 7.11 Å². The highest BCUT2D eigenvalue weighted by Gasteiger charge is 2.33. The average molecular weight is 299 g/mol. The highest BCUT2D eigenvalue weighted by molar-refractivity contribution is 5.79. The summed E-state index contributed by atoms with van der Waals surface area (Å²) < 4.78 is 5.46. The second-order valence-corrected chi connectivity index (χ2v) is 6.33. The maximum Gasteiger partial charge on any atom is 0.226 e. The first-order valence-electron chi connectivity index (χ1n) is 8.37. The Morgan fingerprint density at radius 1 is 1.27 bits per heavy atom. The molecular formula is C19H25NO2. The maximum absolute atomic E-state index is 12.8. The van der Waals surface area contributed by atoms with Crippen molar-refractivity contribution < 1.29 is 9.53 Å². The number of para-hydroxylation sites is 1. The van der Waals surface area contributed by atoms with Crippen LogP contribution in [-0.4, -0.2) is 30.5 Å². The molecule has 1 fully saturated rings. The fourth-order valence-electron chi connectivity index (χ4n) is 3.72. The van der Waals surface area contributed by atoms with Crippen molar-refractivity contribution in [1.29, 1.82) is 0 Å². The molecule has 1 saturated heterocycles. The van der Waals surface area contributed by atoms with Gasteiger partial charge < -0.3 is 9.64 Å². The average Bonchev–Trinajstić information content (AvgIpc) is 3.03. The molecule has 118 valence electrons. The molecule has 1 aliphatic carbocycles. The Morgan fingerprint density at radius 2 is 2.14 bits per heavy atom. The number of carbonyl (C=O) groups excluding carboxylic acids is 1. The molecule has 3 heteroatoms. The lowest BCUT2D eigenvalue weighted by molar-refractivity contribution is -0.136. The van der Waals surface area contributed by atoms with Crippen LogP contribution in [0.3, 0.4) is 0 Å². The summed E-state index contributed by atoms with van der Waals surface area (Å²) >= 11 is 0. The van der Waals surface area contributed by atoms with Crippen LogP contribution in [0, 0.1) is 5.92 Å². The molecule has 0 radical (unpaired) electrons. The minimum Gasteiger partial charge on any atom is -0.496 e. The van der Waals surface area contributed by atoms with Gasteiger partial charge in [-0.05, 0) is 50.2 Å². The van der Waals surface area contributed by atoms with Crippen LogP contribution < -0.4 is 4.74 Å². The first-order valence-corrected chi connectivity index (χ1v) is 8.37. The minimum absolute atomic E-state index is 0.197. The van der Waals surface area contributed by atoms with Crippen LogP contribution in [0.2, 0.25) is 0 Å². The number of rotatable bonds is 4. The second-order valence-electron chi connectivity index (χ2n) is 6.33. The number of likely N-dealkylation sites (tertiary alicyclic amines) is 1. The number of methoxy groups -OCH3 is 1. The van der Waals surface area contributed by atoms with Gasteiger partial charge in [0.1, 0.15) is 5.75 Å². The van der Waals surface area contributed by atoms with E-state index in [1.165, 1.54) is 5.56 Å². The molecule has 1 aromatic rings. The van der Waals surface area contributed by atoms with Crippen LogP contribution in [0.5, 0.6) is 5.75 Å². The van der Waals surface area contributed by atoms with E-state index < -0.39 is 0 Å². The SMILES string of the molecule is COc1ccccc1C[C@H]1CCCN1C(=O)[C@@H]1CC=CCC1. The first kappa shape index (κ1) is 15.1. The molecule has 1 heterocycles. The van der Waals surface area contributed by atoms with Crippen LogP contribution in [0.15, 0.2) is 36.4 Å². The minimum atomic E-state index is 0.197. The Kier molecular flexibility index (Phi) is 4.81. The van der Waals surface area contributed by atoms with E-state index in [9.17, 15) is 4.79 Å². The normalized spacial score (nSPS) is 24.5. The summed E-state index contributed by atoms with van der Waals surface area (Å²) in [5.41, 5.74) is 1.21. The van der Waals surface area contributed by atoms with Gasteiger partial charge in [0.2, 0.25) is 5.91 Å². The van der Waals surface area contributed by atoms with Crippen molar-refractivity contribution >= 4 is 5.91 Å². The smallest absolute Gasteiger partial charge is 0.226 e. The monoisotopic (exact) mass is 299 g/mol. The number of nitrogens with zero attached hydrogens (tertiary/aromatic N) is 1. The number of carbonyl (C=O) groups is 1. The molecule has 1 aliphatic heterocycles. The number of ether oxygens (including phenoxy) is 1. The molecule has 0 bridgehead atoms. The summed E-state index contributed by atoms with van der Waals surface area (Å²) in [5.74, 6) is 1.49. The lowest BCUT2D eigenvalue weighted by atomic mass is 9.92. The van der Waals surface area contributed by atoms with Crippen LogP contribution >= 0.6 is 0 Å². The van der Waals surface area contributed by atoms with Crippen molar-refractivity contribution in [2.75, 3.05) is 13.7 Å². The van der Waals surface area contributed by atoms with Gasteiger partial charge in [-0.25, -0.2) is 0 Å². The van der Waals surface area contributed by atoms with E-state index in [2.05, 4.69) is 23.1 Å². The van der Waals surface area contributed by atoms with E-state index in [-0.39, 0.29) is 5.92 Å². The Bertz CT molecular complexity index is 552. The zero-order chi connectivity index (χ0) is 15.4. The molecular weight excluding hydrogens is 274 g/mol. The van der Waals surface area contributed by atoms with Crippen molar-refractivity contribution in [1.82, 2.24) is 4.90 Å². The maximum atomic E-state index is 12.8. The highest BCUT2D eigenvalue weighted by Crippen LogP contribution is 2.29. The summed E-state index contributed by atoms with van der Waals surface area (Å²) in [6.07, 6.45) is 10.4. The van der Waals surface area contributed by atoms with Gasteiger partial charge in [0.15, 0.2) is 0 Å². The standard InChI is InChI=1S/C19H25NO2/c1-22-18-12-6-5-10-16(18)14-17-11-7-13-20(17)19(21)15-8-3-2-4-9-15/h2-3,5-6,10,12,15,17H,4,7-9,11,13-14H2,1H3/t15-,17-/m1/s1. The Labute approximate surface area is 133 Å². The Morgan fingerprint density at radius 3 is 2.91 bits per heavy atom. The first-order chi connectivity index (χ1) is 10.8. The molecule has 3 rings (SSSR count). The largest absolute Gasteiger partial charge is 0.496 e. The fourth-order valence-corrected chi connectivity index (χ4v) is 3.72. The highest BCUT2D eigenvalue weighted by atomic mass is 16.5. The van der Waals surface area contributed by atoms with Crippen molar-refractivity contribution in [2.45, 2.75) is 44.6 Å². The number of benzene rings is 1. The topological polar surface area (TPSA) is 29.5 Å². The second kappa shape index (κ2) is 6.99. The summed E-state index contributed by atoms with van der Waals surface area (Å²) in [4.78, 5) is 15.0. The lowest BCUT2D eigenvalue weighted by Gasteiger charge is -2.30. The third-order valence-electron chi connectivity index (χ3n) is 4.93. The van der Waals surface area contributed by atoms with Crippen LogP contribution in [0.1, 0.15) is 37.7 Å². The van der Waals surface area contributed by atoms with E-state index in [0.717, 1.165) is 50.8 Å². The Hall–Kier alpha value is -1.77. The number of hydrogen-bond acceptors (Lipinski definition) is 2. The summed E-state index contributed by atoms with van der Waals surface area (Å²) in [6.45, 7) is 0.916. The Balaban J connectivity index is 1.70. The van der Waals surface area contributed by atoms with E-state index in [1.807, 2.05) is 18.2 Å². The molecule has 0 aromatic heterocycles. The van der Waals surface area contributed by atoms with E-state index in [1.54, 1.807) is 7.11 Å². The number of hydrogen-bond donors (Lipinski definition) is 0. The van der Waals surface area contributed by atoms with Gasteiger partial charge in [0, 0.05) is 18.5 Å². The predicted octanol–water partition coefficient (Wildman–Crippen LogP) is 3.59. The molecule has 1 aromatic carbocycles. The van der Waals surface area contributed by atoms with Crippen LogP contribution in [-0.2, 0) is 11.2 Å². The molecule has 3 nitrogen and oxygen atoms in total. The summed E-state index contributed by atoms with van der Waals surface area (Å²) in [7, 11) is 1.71. The predicted molar refractivity (Wildman–Crippen MR) is 87.9 cm³/mol. The zero-order valence-electron chi connectivity index (χ0n) is 13.3. The molecule has 2 aliphatic rings. The molecule has 22 heavy (non-hydrogen) atoms. The van der Waals surface area contributed by atoms with Gasteiger partial charge in [-0.2, -0.15) is 0 Å². The van der Waals surface area contributed by atoms with Gasteiger partial charge in [0.25, 0.3) is 0 Å². The van der Waals surface area contributed by atoms with Crippen molar-refractivity contribution in [2.24, 2.45) is 5.92 Å². The molecule has 0 unspecified atom stereocenters.